The third kappa shape index (κ3) is 3.06. The average molecular weight is 390 g/mol. The fourth-order valence-corrected chi connectivity index (χ4v) is 4.69. The van der Waals surface area contributed by atoms with Crippen molar-refractivity contribution in [2.45, 2.75) is 30.1 Å². The van der Waals surface area contributed by atoms with Crippen LogP contribution in [0.25, 0.3) is 11.3 Å². The molecule has 3 aromatic rings. The van der Waals surface area contributed by atoms with Gasteiger partial charge in [0.1, 0.15) is 0 Å². The number of aryl methyl sites for hydroxylation is 1. The molecule has 1 spiro atoms. The molecule has 0 radical (unpaired) electrons. The summed E-state index contributed by atoms with van der Waals surface area (Å²) in [5.74, 6) is 0.772. The summed E-state index contributed by atoms with van der Waals surface area (Å²) in [6.07, 6.45) is 6.28. The second-order valence-electron chi connectivity index (χ2n) is 7.89. The largest absolute Gasteiger partial charge is 0.309 e. The lowest BCUT2D eigenvalue weighted by atomic mass is 9.99. The number of anilines is 2. The molecule has 0 saturated heterocycles. The standard InChI is InChI=1S/C22H23N5S/c1-15-5-4-6-19(25-15)16-12-23-21(24-13-16)27-14-22(9-10-22)18-8-7-17(11-20(18)27)28-26(2)3/h4-8,11-13H,9-10,14H2,1-3H3. The van der Waals surface area contributed by atoms with E-state index in [-0.39, 0.29) is 0 Å². The van der Waals surface area contributed by atoms with Gasteiger partial charge in [-0.05, 0) is 75.6 Å². The zero-order valence-electron chi connectivity index (χ0n) is 16.4. The molecule has 1 aliphatic heterocycles. The molecule has 0 bridgehead atoms. The van der Waals surface area contributed by atoms with Crippen LogP contribution in [0.3, 0.4) is 0 Å². The highest BCUT2D eigenvalue weighted by Crippen LogP contribution is 2.58. The maximum atomic E-state index is 4.71. The lowest BCUT2D eigenvalue weighted by Gasteiger charge is -2.18. The van der Waals surface area contributed by atoms with E-state index in [1.54, 1.807) is 11.9 Å². The monoisotopic (exact) mass is 389 g/mol. The van der Waals surface area contributed by atoms with Crippen LogP contribution in [0.1, 0.15) is 24.1 Å². The Hall–Kier alpha value is -2.44. The van der Waals surface area contributed by atoms with Crippen LogP contribution in [-0.4, -0.2) is 39.9 Å². The Kier molecular flexibility index (Phi) is 4.14. The van der Waals surface area contributed by atoms with Gasteiger partial charge >= 0.3 is 0 Å². The van der Waals surface area contributed by atoms with Crippen molar-refractivity contribution in [3.63, 3.8) is 0 Å². The third-order valence-electron chi connectivity index (χ3n) is 5.50. The van der Waals surface area contributed by atoms with Crippen LogP contribution in [0.2, 0.25) is 0 Å². The minimum Gasteiger partial charge on any atom is -0.309 e. The van der Waals surface area contributed by atoms with Crippen LogP contribution >= 0.6 is 11.9 Å². The van der Waals surface area contributed by atoms with E-state index in [4.69, 9.17) is 9.97 Å². The van der Waals surface area contributed by atoms with Crippen molar-refractivity contribution in [3.05, 3.63) is 60.0 Å². The van der Waals surface area contributed by atoms with E-state index < -0.39 is 0 Å². The minimum atomic E-state index is 0.302. The van der Waals surface area contributed by atoms with Crippen molar-refractivity contribution < 1.29 is 0 Å². The van der Waals surface area contributed by atoms with Gasteiger partial charge in [-0.15, -0.1) is 0 Å². The molecule has 0 amide bonds. The lowest BCUT2D eigenvalue weighted by Crippen LogP contribution is -2.21. The first-order valence-corrected chi connectivity index (χ1v) is 10.3. The van der Waals surface area contributed by atoms with Crippen LogP contribution in [0, 0.1) is 6.92 Å². The Morgan fingerprint density at radius 3 is 2.54 bits per heavy atom. The summed E-state index contributed by atoms with van der Waals surface area (Å²) in [6, 6.07) is 12.8. The van der Waals surface area contributed by atoms with Gasteiger partial charge in [-0.3, -0.25) is 9.29 Å². The minimum absolute atomic E-state index is 0.302. The van der Waals surface area contributed by atoms with Crippen molar-refractivity contribution in [3.8, 4) is 11.3 Å². The molecule has 0 atom stereocenters. The molecule has 6 heteroatoms. The summed E-state index contributed by atoms with van der Waals surface area (Å²) in [5, 5.41) is 0. The van der Waals surface area contributed by atoms with Gasteiger partial charge in [0.25, 0.3) is 0 Å². The number of nitrogens with zero attached hydrogens (tertiary/aromatic N) is 5. The summed E-state index contributed by atoms with van der Waals surface area (Å²) >= 11 is 1.74. The van der Waals surface area contributed by atoms with Crippen molar-refractivity contribution in [1.29, 1.82) is 0 Å². The fourth-order valence-electron chi connectivity index (χ4n) is 3.98. The number of hydrogen-bond acceptors (Lipinski definition) is 6. The Morgan fingerprint density at radius 1 is 1.07 bits per heavy atom. The molecule has 0 unspecified atom stereocenters. The molecule has 1 fully saturated rings. The predicted octanol–water partition coefficient (Wildman–Crippen LogP) is 4.60. The van der Waals surface area contributed by atoms with Gasteiger partial charge in [-0.25, -0.2) is 9.97 Å². The number of hydrogen-bond donors (Lipinski definition) is 0. The van der Waals surface area contributed by atoms with Crippen LogP contribution in [-0.2, 0) is 5.41 Å². The number of rotatable bonds is 4. The predicted molar refractivity (Wildman–Crippen MR) is 114 cm³/mol. The number of aromatic nitrogens is 3. The molecule has 1 aromatic carbocycles. The molecule has 1 aliphatic carbocycles. The second-order valence-corrected chi connectivity index (χ2v) is 9.27. The molecule has 1 saturated carbocycles. The van der Waals surface area contributed by atoms with Gasteiger partial charge in [0.2, 0.25) is 5.95 Å². The summed E-state index contributed by atoms with van der Waals surface area (Å²) < 4.78 is 2.12. The Labute approximate surface area is 170 Å². The number of fused-ring (bicyclic) bond motifs is 2. The molecule has 2 aromatic heterocycles. The maximum Gasteiger partial charge on any atom is 0.229 e. The quantitative estimate of drug-likeness (QED) is 0.608. The summed E-state index contributed by atoms with van der Waals surface area (Å²) in [4.78, 5) is 17.5. The Bertz CT molecular complexity index is 1030. The molecule has 5 rings (SSSR count). The highest BCUT2D eigenvalue weighted by atomic mass is 32.2. The van der Waals surface area contributed by atoms with Crippen molar-refractivity contribution in [1.82, 2.24) is 19.3 Å². The van der Waals surface area contributed by atoms with Gasteiger partial charge in [0.05, 0.1) is 5.69 Å². The van der Waals surface area contributed by atoms with Crippen LogP contribution < -0.4 is 4.90 Å². The molecule has 28 heavy (non-hydrogen) atoms. The molecule has 142 valence electrons. The fraction of sp³-hybridized carbons (Fsp3) is 0.318. The van der Waals surface area contributed by atoms with Crippen LogP contribution in [0.15, 0.2) is 53.7 Å². The molecular formula is C22H23N5S. The lowest BCUT2D eigenvalue weighted by molar-refractivity contribution is 0.702. The van der Waals surface area contributed by atoms with E-state index in [0.29, 0.717) is 5.41 Å². The smallest absolute Gasteiger partial charge is 0.229 e. The second kappa shape index (κ2) is 6.57. The topological polar surface area (TPSA) is 45.2 Å². The van der Waals surface area contributed by atoms with Crippen LogP contribution in [0.5, 0.6) is 0 Å². The molecule has 2 aliphatic rings. The highest BCUT2D eigenvalue weighted by molar-refractivity contribution is 7.97. The number of pyridine rings is 1. The van der Waals surface area contributed by atoms with E-state index in [1.807, 2.05) is 37.5 Å². The summed E-state index contributed by atoms with van der Waals surface area (Å²) in [6.45, 7) is 2.97. The van der Waals surface area contributed by atoms with E-state index >= 15 is 0 Å². The highest BCUT2D eigenvalue weighted by Gasteiger charge is 2.52. The third-order valence-corrected chi connectivity index (χ3v) is 6.33. The van der Waals surface area contributed by atoms with Gasteiger partial charge in [0, 0.05) is 46.2 Å². The van der Waals surface area contributed by atoms with Crippen LogP contribution in [0.4, 0.5) is 11.6 Å². The van der Waals surface area contributed by atoms with E-state index in [9.17, 15) is 0 Å². The first-order chi connectivity index (χ1) is 13.5. The average Bonchev–Trinajstić information content (AvgIpc) is 3.39. The summed E-state index contributed by atoms with van der Waals surface area (Å²) in [7, 11) is 4.14. The first kappa shape index (κ1) is 17.6. The zero-order valence-corrected chi connectivity index (χ0v) is 17.2. The molecule has 3 heterocycles. The number of benzene rings is 1. The Morgan fingerprint density at radius 2 is 1.86 bits per heavy atom. The van der Waals surface area contributed by atoms with Gasteiger partial charge < -0.3 is 4.90 Å². The van der Waals surface area contributed by atoms with Gasteiger partial charge in [-0.2, -0.15) is 0 Å². The van der Waals surface area contributed by atoms with E-state index in [0.717, 1.165) is 29.4 Å². The zero-order chi connectivity index (χ0) is 19.3. The first-order valence-electron chi connectivity index (χ1n) is 9.58. The summed E-state index contributed by atoms with van der Waals surface area (Å²) in [5.41, 5.74) is 5.87. The maximum absolute atomic E-state index is 4.71. The molecule has 5 nitrogen and oxygen atoms in total. The SMILES string of the molecule is Cc1cccc(-c2cnc(N3CC4(CC4)c4ccc(SN(C)C)cc43)nc2)n1. The van der Waals surface area contributed by atoms with Gasteiger partial charge in [0.15, 0.2) is 0 Å². The van der Waals surface area contributed by atoms with Gasteiger partial charge in [-0.1, -0.05) is 12.1 Å². The van der Waals surface area contributed by atoms with Crippen molar-refractivity contribution in [2.24, 2.45) is 0 Å². The van der Waals surface area contributed by atoms with Crippen molar-refractivity contribution >= 4 is 23.6 Å². The normalized spacial score (nSPS) is 16.6. The Balaban J connectivity index is 1.49. The van der Waals surface area contributed by atoms with E-state index in [1.165, 1.54) is 29.0 Å². The molecular weight excluding hydrogens is 366 g/mol. The van der Waals surface area contributed by atoms with E-state index in [2.05, 4.69) is 46.5 Å². The van der Waals surface area contributed by atoms with Crippen molar-refractivity contribution in [2.75, 3.05) is 25.5 Å². The molecule has 0 N–H and O–H groups in total.